The molecular weight excluding hydrogens is 618 g/mol. The van der Waals surface area contributed by atoms with E-state index < -0.39 is 54.9 Å². The zero-order chi connectivity index (χ0) is 35.8. The van der Waals surface area contributed by atoms with Crippen LogP contribution in [0.5, 0.6) is 0 Å². The Morgan fingerprint density at radius 3 is 1.43 bits per heavy atom. The first kappa shape index (κ1) is 45.5. The Morgan fingerprint density at radius 2 is 1.04 bits per heavy atom. The number of hydrogen-bond donors (Lipinski definition) is 2. The van der Waals surface area contributed by atoms with Crippen LogP contribution in [0, 0.1) is 0 Å². The van der Waals surface area contributed by atoms with Crippen molar-refractivity contribution in [2.24, 2.45) is 0 Å². The summed E-state index contributed by atoms with van der Waals surface area (Å²) in [6.07, 6.45) is 2.14. The van der Waals surface area contributed by atoms with Crippen LogP contribution in [0.15, 0.2) is 0 Å². The number of aliphatic carboxylic acids is 2. The Balaban J connectivity index is 8.43. The quantitative estimate of drug-likeness (QED) is 0.0653. The monoisotopic (exact) mass is 683 g/mol. The van der Waals surface area contributed by atoms with E-state index in [1.54, 1.807) is 48.5 Å². The van der Waals surface area contributed by atoms with Gasteiger partial charge in [-0.05, 0) is 67.7 Å². The van der Waals surface area contributed by atoms with Crippen molar-refractivity contribution >= 4 is 11.9 Å². The molecule has 0 rings (SSSR count). The molecule has 0 fully saturated rings. The summed E-state index contributed by atoms with van der Waals surface area (Å²) in [6, 6.07) is -1.65. The van der Waals surface area contributed by atoms with Crippen molar-refractivity contribution in [1.82, 2.24) is 4.90 Å². The summed E-state index contributed by atoms with van der Waals surface area (Å²) >= 11 is 0. The molecule has 14 heteroatoms. The highest BCUT2D eigenvalue weighted by Crippen LogP contribution is 2.44. The van der Waals surface area contributed by atoms with Crippen molar-refractivity contribution in [2.45, 2.75) is 144 Å². The van der Waals surface area contributed by atoms with Crippen LogP contribution < -0.4 is 0 Å². The number of ether oxygens (including phenoxy) is 9. The summed E-state index contributed by atoms with van der Waals surface area (Å²) in [5.41, 5.74) is 0. The highest BCUT2D eigenvalue weighted by atomic mass is 16.9. The fraction of sp³-hybridized carbons (Fsp3) is 0.939. The summed E-state index contributed by atoms with van der Waals surface area (Å²) in [5.74, 6) is -9.14. The molecule has 0 spiro atoms. The van der Waals surface area contributed by atoms with E-state index in [-0.39, 0.29) is 59.5 Å². The molecule has 2 unspecified atom stereocenters. The maximum absolute atomic E-state index is 13.4. The van der Waals surface area contributed by atoms with E-state index in [9.17, 15) is 19.8 Å². The topological polar surface area (TPSA) is 161 Å². The highest BCUT2D eigenvalue weighted by molar-refractivity contribution is 5.75. The number of hydrogen-bond acceptors (Lipinski definition) is 12. The van der Waals surface area contributed by atoms with Gasteiger partial charge in [0.25, 0.3) is 0 Å². The van der Waals surface area contributed by atoms with Crippen LogP contribution in [-0.4, -0.2) is 117 Å². The Morgan fingerprint density at radius 1 is 0.596 bits per heavy atom. The second kappa shape index (κ2) is 25.5. The molecule has 0 aliphatic heterocycles. The fourth-order valence-corrected chi connectivity index (χ4v) is 5.26. The first-order valence-electron chi connectivity index (χ1n) is 17.5. The molecule has 0 amide bonds. The van der Waals surface area contributed by atoms with Crippen molar-refractivity contribution in [3.63, 3.8) is 0 Å². The van der Waals surface area contributed by atoms with E-state index in [1.807, 2.05) is 13.8 Å². The lowest BCUT2D eigenvalue weighted by Gasteiger charge is -2.56. The minimum Gasteiger partial charge on any atom is -0.481 e. The summed E-state index contributed by atoms with van der Waals surface area (Å²) in [4.78, 5) is 26.6. The van der Waals surface area contributed by atoms with Crippen molar-refractivity contribution in [3.8, 4) is 0 Å². The van der Waals surface area contributed by atoms with Gasteiger partial charge < -0.3 is 52.8 Å². The second-order valence-electron chi connectivity index (χ2n) is 10.5. The predicted octanol–water partition coefficient (Wildman–Crippen LogP) is 5.56. The normalized spacial score (nSPS) is 15.1. The fourth-order valence-electron chi connectivity index (χ4n) is 5.26. The van der Waals surface area contributed by atoms with Gasteiger partial charge in [-0.2, -0.15) is 4.90 Å². The zero-order valence-electron chi connectivity index (χ0n) is 30.5. The third-order valence-corrected chi connectivity index (χ3v) is 6.98. The minimum atomic E-state index is -2.33. The molecule has 0 bridgehead atoms. The minimum absolute atomic E-state index is 0.0298. The Hall–Kier alpha value is -1.46. The molecule has 0 aromatic carbocycles. The van der Waals surface area contributed by atoms with Gasteiger partial charge in [-0.1, -0.05) is 39.5 Å². The average Bonchev–Trinajstić information content (AvgIpc) is 3.02. The van der Waals surface area contributed by atoms with Gasteiger partial charge in [0.15, 0.2) is 6.23 Å². The van der Waals surface area contributed by atoms with Crippen LogP contribution in [0.25, 0.3) is 0 Å². The van der Waals surface area contributed by atoms with E-state index in [1.165, 1.54) is 4.90 Å². The highest BCUT2D eigenvalue weighted by Gasteiger charge is 2.69. The lowest BCUT2D eigenvalue weighted by atomic mass is 10.1. The van der Waals surface area contributed by atoms with E-state index in [4.69, 9.17) is 42.6 Å². The van der Waals surface area contributed by atoms with Crippen LogP contribution in [0.2, 0.25) is 0 Å². The molecule has 0 aromatic rings. The number of carboxylic acids is 2. The molecule has 2 N–H and O–H groups in total. The molecular formula is C33H65NO13. The molecule has 280 valence electrons. The Bertz CT molecular complexity index is 783. The first-order valence-corrected chi connectivity index (χ1v) is 17.5. The van der Waals surface area contributed by atoms with E-state index >= 15 is 0 Å². The largest absolute Gasteiger partial charge is 0.481 e. The van der Waals surface area contributed by atoms with Crippen LogP contribution in [-0.2, 0) is 52.2 Å². The zero-order valence-corrected chi connectivity index (χ0v) is 30.5. The lowest BCUT2D eigenvalue weighted by Crippen LogP contribution is -2.78. The molecule has 14 nitrogen and oxygen atoms in total. The maximum atomic E-state index is 13.4. The number of rotatable bonds is 33. The van der Waals surface area contributed by atoms with Crippen LogP contribution >= 0.6 is 0 Å². The Labute approximate surface area is 282 Å². The van der Waals surface area contributed by atoms with Gasteiger partial charge in [0.1, 0.15) is 6.04 Å². The molecule has 0 saturated carbocycles. The van der Waals surface area contributed by atoms with Gasteiger partial charge in [0.05, 0.1) is 6.61 Å². The van der Waals surface area contributed by atoms with Gasteiger partial charge >= 0.3 is 29.8 Å². The van der Waals surface area contributed by atoms with Crippen molar-refractivity contribution in [3.05, 3.63) is 0 Å². The van der Waals surface area contributed by atoms with E-state index in [2.05, 4.69) is 0 Å². The summed E-state index contributed by atoms with van der Waals surface area (Å²) in [6.45, 7) is 16.8. The van der Waals surface area contributed by atoms with Gasteiger partial charge in [-0.3, -0.25) is 9.59 Å². The third-order valence-electron chi connectivity index (χ3n) is 6.98. The second-order valence-corrected chi connectivity index (χ2v) is 10.5. The molecule has 0 aromatic heterocycles. The summed E-state index contributed by atoms with van der Waals surface area (Å²) in [5, 5.41) is 20.7. The van der Waals surface area contributed by atoms with Gasteiger partial charge in [-0.25, -0.2) is 0 Å². The van der Waals surface area contributed by atoms with Gasteiger partial charge in [0.2, 0.25) is 0 Å². The molecule has 0 aliphatic carbocycles. The SMILES string of the molecule is CCCCCOC(N([C@@H](CCC(=O)O)C(=O)O)C(OCC)(OCCCCC)C(OCC)(OCC)OCC)C(OCC)(OCC)OCC. The molecule has 47 heavy (non-hydrogen) atoms. The smallest absolute Gasteiger partial charge is 0.357 e. The first-order chi connectivity index (χ1) is 22.6. The molecule has 0 heterocycles. The van der Waals surface area contributed by atoms with E-state index in [0.29, 0.717) is 12.8 Å². The predicted molar refractivity (Wildman–Crippen MR) is 174 cm³/mol. The van der Waals surface area contributed by atoms with E-state index in [0.717, 1.165) is 25.7 Å². The molecule has 3 atom stereocenters. The van der Waals surface area contributed by atoms with Gasteiger partial charge in [0, 0.05) is 59.3 Å². The van der Waals surface area contributed by atoms with Crippen molar-refractivity contribution in [1.29, 1.82) is 0 Å². The van der Waals surface area contributed by atoms with Gasteiger partial charge in [-0.15, -0.1) is 0 Å². The standard InChI is InChI=1S/C33H65NO13/c1-10-19-21-25-39-30(31(40-12-3,41-13-4)42-14-5)34(27(29(37)38)23-24-28(35)36)32(43-15-6,47-26-22-20-11-2)33(44-16-7,45-17-8)46-18-9/h27,30H,10-26H2,1-9H3,(H,35,36)(H,37,38)/t27-,30?,32?/m0/s1. The summed E-state index contributed by atoms with van der Waals surface area (Å²) < 4.78 is 57.4. The van der Waals surface area contributed by atoms with Crippen molar-refractivity contribution < 1.29 is 62.4 Å². The molecule has 0 saturated heterocycles. The number of carboxylic acid groups (broad SMARTS) is 2. The third kappa shape index (κ3) is 13.4. The summed E-state index contributed by atoms with van der Waals surface area (Å²) in [7, 11) is 0. The number of unbranched alkanes of at least 4 members (excludes halogenated alkanes) is 4. The average molecular weight is 684 g/mol. The van der Waals surface area contributed by atoms with Crippen LogP contribution in [0.4, 0.5) is 0 Å². The Kier molecular flexibility index (Phi) is 24.7. The molecule has 0 radical (unpaired) electrons. The van der Waals surface area contributed by atoms with Crippen molar-refractivity contribution in [2.75, 3.05) is 59.5 Å². The van der Waals surface area contributed by atoms with Crippen LogP contribution in [0.3, 0.4) is 0 Å². The number of nitrogens with zero attached hydrogens (tertiary/aromatic N) is 1. The van der Waals surface area contributed by atoms with Crippen LogP contribution in [0.1, 0.15) is 114 Å². The maximum Gasteiger partial charge on any atom is 0.357 e. The lowest BCUT2D eigenvalue weighted by molar-refractivity contribution is -0.554. The molecule has 0 aliphatic rings. The number of carbonyl (C=O) groups is 2.